The van der Waals surface area contributed by atoms with Gasteiger partial charge in [-0.2, -0.15) is 11.8 Å². The van der Waals surface area contributed by atoms with E-state index in [-0.39, 0.29) is 18.0 Å². The number of imide groups is 1. The Kier molecular flexibility index (Phi) is 4.47. The molecule has 1 fully saturated rings. The zero-order valence-corrected chi connectivity index (χ0v) is 12.0. The van der Waals surface area contributed by atoms with E-state index < -0.39 is 0 Å². The maximum atomic E-state index is 12.2. The highest BCUT2D eigenvalue weighted by Gasteiger charge is 2.37. The number of thioether (sulfide) groups is 1. The molecule has 0 aromatic heterocycles. The van der Waals surface area contributed by atoms with Gasteiger partial charge in [-0.25, -0.2) is 4.79 Å². The Balaban J connectivity index is 2.07. The SMILES string of the molecule is CSCCC1NC(=O)N(Cc2ccccc2C)C1=O. The number of benzene rings is 1. The first-order valence-electron chi connectivity index (χ1n) is 6.29. The van der Waals surface area contributed by atoms with Gasteiger partial charge in [0.2, 0.25) is 0 Å². The van der Waals surface area contributed by atoms with Crippen LogP contribution in [0.25, 0.3) is 0 Å². The molecule has 1 saturated heterocycles. The number of rotatable bonds is 5. The predicted octanol–water partition coefficient (Wildman–Crippen LogP) is 2.17. The number of carbonyl (C=O) groups excluding carboxylic acids is 2. The highest BCUT2D eigenvalue weighted by Crippen LogP contribution is 2.17. The minimum Gasteiger partial charge on any atom is -0.326 e. The molecule has 1 atom stereocenters. The fourth-order valence-corrected chi connectivity index (χ4v) is 2.59. The zero-order chi connectivity index (χ0) is 13.8. The van der Waals surface area contributed by atoms with E-state index in [4.69, 9.17) is 0 Å². The van der Waals surface area contributed by atoms with Crippen molar-refractivity contribution in [3.63, 3.8) is 0 Å². The van der Waals surface area contributed by atoms with Crippen LogP contribution >= 0.6 is 11.8 Å². The maximum Gasteiger partial charge on any atom is 0.325 e. The second-order valence-corrected chi connectivity index (χ2v) is 5.62. The number of urea groups is 1. The van der Waals surface area contributed by atoms with Crippen LogP contribution in [0.1, 0.15) is 17.5 Å². The lowest BCUT2D eigenvalue weighted by atomic mass is 10.1. The van der Waals surface area contributed by atoms with Crippen LogP contribution < -0.4 is 5.32 Å². The van der Waals surface area contributed by atoms with Crippen molar-refractivity contribution < 1.29 is 9.59 Å². The molecule has 1 aromatic carbocycles. The normalized spacial score (nSPS) is 18.8. The predicted molar refractivity (Wildman–Crippen MR) is 77.0 cm³/mol. The number of hydrogen-bond donors (Lipinski definition) is 1. The molecular formula is C14H18N2O2S. The van der Waals surface area contributed by atoms with Crippen molar-refractivity contribution in [3.05, 3.63) is 35.4 Å². The van der Waals surface area contributed by atoms with Gasteiger partial charge >= 0.3 is 6.03 Å². The van der Waals surface area contributed by atoms with Gasteiger partial charge in [0.1, 0.15) is 6.04 Å². The largest absolute Gasteiger partial charge is 0.326 e. The average molecular weight is 278 g/mol. The van der Waals surface area contributed by atoms with E-state index in [9.17, 15) is 9.59 Å². The molecule has 0 radical (unpaired) electrons. The molecule has 0 aliphatic carbocycles. The summed E-state index contributed by atoms with van der Waals surface area (Å²) in [5.41, 5.74) is 2.10. The zero-order valence-electron chi connectivity index (χ0n) is 11.2. The summed E-state index contributed by atoms with van der Waals surface area (Å²) in [6.45, 7) is 2.34. The number of amides is 3. The Labute approximate surface area is 117 Å². The molecule has 19 heavy (non-hydrogen) atoms. The summed E-state index contributed by atoms with van der Waals surface area (Å²) >= 11 is 1.68. The third kappa shape index (κ3) is 3.10. The monoisotopic (exact) mass is 278 g/mol. The Bertz CT molecular complexity index is 490. The summed E-state index contributed by atoms with van der Waals surface area (Å²) in [5, 5.41) is 2.75. The smallest absolute Gasteiger partial charge is 0.325 e. The molecule has 5 heteroatoms. The van der Waals surface area contributed by atoms with E-state index in [1.165, 1.54) is 4.90 Å². The summed E-state index contributed by atoms with van der Waals surface area (Å²) in [6.07, 6.45) is 2.68. The van der Waals surface area contributed by atoms with Crippen LogP contribution in [0.3, 0.4) is 0 Å². The Morgan fingerprint density at radius 1 is 1.32 bits per heavy atom. The van der Waals surface area contributed by atoms with Crippen LogP contribution in [0.15, 0.2) is 24.3 Å². The summed E-state index contributed by atoms with van der Waals surface area (Å²) in [6, 6.07) is 7.17. The van der Waals surface area contributed by atoms with E-state index in [2.05, 4.69) is 5.32 Å². The highest BCUT2D eigenvalue weighted by molar-refractivity contribution is 7.98. The van der Waals surface area contributed by atoms with Crippen LogP contribution in [-0.4, -0.2) is 34.9 Å². The van der Waals surface area contributed by atoms with Crippen molar-refractivity contribution in [2.75, 3.05) is 12.0 Å². The molecule has 4 nitrogen and oxygen atoms in total. The van der Waals surface area contributed by atoms with Crippen molar-refractivity contribution >= 4 is 23.7 Å². The van der Waals surface area contributed by atoms with E-state index in [1.807, 2.05) is 37.4 Å². The molecule has 1 heterocycles. The first-order valence-corrected chi connectivity index (χ1v) is 7.68. The lowest BCUT2D eigenvalue weighted by molar-refractivity contribution is -0.127. The van der Waals surface area contributed by atoms with Crippen molar-refractivity contribution in [2.45, 2.75) is 25.9 Å². The average Bonchev–Trinajstić information content (AvgIpc) is 2.66. The van der Waals surface area contributed by atoms with Crippen LogP contribution in [0, 0.1) is 6.92 Å². The van der Waals surface area contributed by atoms with Crippen LogP contribution in [-0.2, 0) is 11.3 Å². The van der Waals surface area contributed by atoms with Gasteiger partial charge in [-0.15, -0.1) is 0 Å². The van der Waals surface area contributed by atoms with Crippen molar-refractivity contribution in [1.29, 1.82) is 0 Å². The minimum absolute atomic E-state index is 0.109. The molecule has 1 aliphatic rings. The molecule has 0 bridgehead atoms. The van der Waals surface area contributed by atoms with Gasteiger partial charge in [0.15, 0.2) is 0 Å². The molecule has 2 rings (SSSR count). The van der Waals surface area contributed by atoms with Crippen LogP contribution in [0.4, 0.5) is 4.79 Å². The van der Waals surface area contributed by atoms with Gasteiger partial charge in [-0.1, -0.05) is 24.3 Å². The molecule has 1 N–H and O–H groups in total. The van der Waals surface area contributed by atoms with Gasteiger partial charge in [0, 0.05) is 0 Å². The fraction of sp³-hybridized carbons (Fsp3) is 0.429. The van der Waals surface area contributed by atoms with Gasteiger partial charge in [0.25, 0.3) is 5.91 Å². The molecule has 102 valence electrons. The molecule has 0 saturated carbocycles. The first-order chi connectivity index (χ1) is 9.13. The molecule has 1 unspecified atom stereocenters. The van der Waals surface area contributed by atoms with Gasteiger partial charge in [-0.05, 0) is 36.5 Å². The van der Waals surface area contributed by atoms with Crippen molar-refractivity contribution in [1.82, 2.24) is 10.2 Å². The summed E-state index contributed by atoms with van der Waals surface area (Å²) < 4.78 is 0. The highest BCUT2D eigenvalue weighted by atomic mass is 32.2. The maximum absolute atomic E-state index is 12.2. The summed E-state index contributed by atoms with van der Waals surface area (Å²) in [4.78, 5) is 25.3. The molecule has 0 spiro atoms. The molecule has 1 aromatic rings. The molecular weight excluding hydrogens is 260 g/mol. The van der Waals surface area contributed by atoms with E-state index >= 15 is 0 Å². The number of nitrogens with zero attached hydrogens (tertiary/aromatic N) is 1. The minimum atomic E-state index is -0.357. The lowest BCUT2D eigenvalue weighted by Crippen LogP contribution is -2.31. The van der Waals surface area contributed by atoms with E-state index in [0.717, 1.165) is 16.9 Å². The summed E-state index contributed by atoms with van der Waals surface area (Å²) in [5.74, 6) is 0.761. The third-order valence-electron chi connectivity index (χ3n) is 3.31. The topological polar surface area (TPSA) is 49.4 Å². The standard InChI is InChI=1S/C14H18N2O2S/c1-10-5-3-4-6-11(10)9-16-13(17)12(7-8-19-2)15-14(16)18/h3-6,12H,7-9H2,1-2H3,(H,15,18). The van der Waals surface area contributed by atoms with Crippen molar-refractivity contribution in [2.24, 2.45) is 0 Å². The number of nitrogens with one attached hydrogen (secondary N) is 1. The van der Waals surface area contributed by atoms with Crippen LogP contribution in [0.5, 0.6) is 0 Å². The third-order valence-corrected chi connectivity index (χ3v) is 3.95. The van der Waals surface area contributed by atoms with Gasteiger partial charge in [-0.3, -0.25) is 9.69 Å². The quantitative estimate of drug-likeness (QED) is 0.840. The second-order valence-electron chi connectivity index (χ2n) is 4.63. The number of hydrogen-bond acceptors (Lipinski definition) is 3. The van der Waals surface area contributed by atoms with Gasteiger partial charge < -0.3 is 5.32 Å². The number of aryl methyl sites for hydroxylation is 1. The molecule has 1 aliphatic heterocycles. The Morgan fingerprint density at radius 3 is 2.74 bits per heavy atom. The first kappa shape index (κ1) is 13.9. The second kappa shape index (κ2) is 6.10. The van der Waals surface area contributed by atoms with Gasteiger partial charge in [0.05, 0.1) is 6.54 Å². The Hall–Kier alpha value is -1.49. The lowest BCUT2D eigenvalue weighted by Gasteiger charge is -2.14. The van der Waals surface area contributed by atoms with Crippen LogP contribution in [0.2, 0.25) is 0 Å². The van der Waals surface area contributed by atoms with Crippen molar-refractivity contribution in [3.8, 4) is 0 Å². The Morgan fingerprint density at radius 2 is 2.05 bits per heavy atom. The molecule has 3 amide bonds. The van der Waals surface area contributed by atoms with E-state index in [0.29, 0.717) is 13.0 Å². The number of carbonyl (C=O) groups is 2. The summed E-state index contributed by atoms with van der Waals surface area (Å²) in [7, 11) is 0. The van der Waals surface area contributed by atoms with E-state index in [1.54, 1.807) is 11.8 Å². The fourth-order valence-electron chi connectivity index (χ4n) is 2.12.